The topological polar surface area (TPSA) is 67.6 Å². The quantitative estimate of drug-likeness (QED) is 0.911. The van der Waals surface area contributed by atoms with Crippen molar-refractivity contribution in [3.05, 3.63) is 47.5 Å². The molecule has 7 heteroatoms. The number of benzene rings is 1. The number of nitrogens with zero attached hydrogens (tertiary/aromatic N) is 3. The van der Waals surface area contributed by atoms with Crippen LogP contribution in [0.2, 0.25) is 0 Å². The fourth-order valence-corrected chi connectivity index (χ4v) is 3.12. The van der Waals surface area contributed by atoms with Crippen molar-refractivity contribution in [2.24, 2.45) is 0 Å². The van der Waals surface area contributed by atoms with Crippen LogP contribution in [0, 0.1) is 5.82 Å². The zero-order chi connectivity index (χ0) is 17.1. The van der Waals surface area contributed by atoms with Gasteiger partial charge in [0, 0.05) is 24.8 Å². The number of halogens is 1. The number of hydrogen-bond donors (Lipinski definition) is 1. The average molecular weight is 333 g/mol. The fraction of sp³-hybridized carbons (Fsp3) is 0.412. The summed E-state index contributed by atoms with van der Waals surface area (Å²) in [4.78, 5) is 13.1. The number of likely N-dealkylation sites (tertiary alicyclic amines) is 1. The van der Waals surface area contributed by atoms with Gasteiger partial charge in [-0.1, -0.05) is 12.1 Å². The average Bonchev–Trinajstić information content (AvgIpc) is 3.07. The summed E-state index contributed by atoms with van der Waals surface area (Å²) in [5.74, 6) is -1.10. The second-order valence-electron chi connectivity index (χ2n) is 5.95. The molecule has 1 aromatic heterocycles. The van der Waals surface area contributed by atoms with Crippen LogP contribution >= 0.6 is 0 Å². The van der Waals surface area contributed by atoms with Crippen LogP contribution in [0.4, 0.5) is 4.39 Å². The number of piperidine rings is 1. The molecule has 6 nitrogen and oxygen atoms in total. The van der Waals surface area contributed by atoms with E-state index in [1.807, 2.05) is 0 Å². The Morgan fingerprint density at radius 3 is 3.00 bits per heavy atom. The highest BCUT2D eigenvalue weighted by Crippen LogP contribution is 2.25. The minimum Gasteiger partial charge on any atom is -0.494 e. The third-order valence-electron chi connectivity index (χ3n) is 4.34. The van der Waals surface area contributed by atoms with Crippen LogP contribution in [0.1, 0.15) is 34.9 Å². The third-order valence-corrected chi connectivity index (χ3v) is 4.34. The third kappa shape index (κ3) is 3.41. The van der Waals surface area contributed by atoms with Crippen molar-refractivity contribution in [2.75, 3.05) is 20.2 Å². The van der Waals surface area contributed by atoms with E-state index in [2.05, 4.69) is 10.00 Å². The smallest absolute Gasteiger partial charge is 0.356 e. The van der Waals surface area contributed by atoms with Gasteiger partial charge >= 0.3 is 5.97 Å². The van der Waals surface area contributed by atoms with Crippen LogP contribution in [0.3, 0.4) is 0 Å². The number of carboxylic acid groups (broad SMARTS) is 1. The van der Waals surface area contributed by atoms with Gasteiger partial charge in [-0.2, -0.15) is 5.10 Å². The van der Waals surface area contributed by atoms with E-state index in [1.165, 1.54) is 13.2 Å². The lowest BCUT2D eigenvalue weighted by Gasteiger charge is -2.33. The monoisotopic (exact) mass is 333 g/mol. The molecular formula is C17H20FN3O3. The van der Waals surface area contributed by atoms with Gasteiger partial charge in [0.1, 0.15) is 0 Å². The Bertz CT molecular complexity index is 732. The molecule has 0 radical (unpaired) electrons. The zero-order valence-corrected chi connectivity index (χ0v) is 13.5. The van der Waals surface area contributed by atoms with Gasteiger partial charge in [-0.25, -0.2) is 9.18 Å². The summed E-state index contributed by atoms with van der Waals surface area (Å²) in [7, 11) is 1.46. The Morgan fingerprint density at radius 2 is 2.29 bits per heavy atom. The van der Waals surface area contributed by atoms with E-state index >= 15 is 0 Å². The molecule has 0 saturated carbocycles. The Hall–Kier alpha value is -2.41. The van der Waals surface area contributed by atoms with Crippen LogP contribution in [0.25, 0.3) is 0 Å². The molecule has 1 saturated heterocycles. The molecule has 0 aliphatic carbocycles. The number of ether oxygens (including phenoxy) is 1. The maximum Gasteiger partial charge on any atom is 0.356 e. The van der Waals surface area contributed by atoms with E-state index in [4.69, 9.17) is 9.84 Å². The van der Waals surface area contributed by atoms with Crippen LogP contribution in [-0.4, -0.2) is 46.0 Å². The maximum atomic E-state index is 14.3. The minimum absolute atomic E-state index is 0.0472. The summed E-state index contributed by atoms with van der Waals surface area (Å²) in [5, 5.41) is 13.1. The first-order valence-corrected chi connectivity index (χ1v) is 7.90. The Labute approximate surface area is 139 Å². The SMILES string of the molecule is COc1cccc(CN2CCCC(n3ccc(C(=O)O)n3)C2)c1F. The second kappa shape index (κ2) is 7.00. The van der Waals surface area contributed by atoms with Gasteiger partial charge in [-0.15, -0.1) is 0 Å². The number of rotatable bonds is 5. The van der Waals surface area contributed by atoms with E-state index < -0.39 is 5.97 Å². The molecule has 0 bridgehead atoms. The fourth-order valence-electron chi connectivity index (χ4n) is 3.12. The van der Waals surface area contributed by atoms with Crippen molar-refractivity contribution in [1.82, 2.24) is 14.7 Å². The first-order valence-electron chi connectivity index (χ1n) is 7.90. The lowest BCUT2D eigenvalue weighted by atomic mass is 10.0. The summed E-state index contributed by atoms with van der Waals surface area (Å²) in [6, 6.07) is 6.75. The molecule has 1 atom stereocenters. The minimum atomic E-state index is -1.03. The van der Waals surface area contributed by atoms with E-state index in [1.54, 1.807) is 29.1 Å². The highest BCUT2D eigenvalue weighted by atomic mass is 19.1. The molecule has 1 aromatic carbocycles. The normalized spacial score (nSPS) is 18.5. The molecule has 128 valence electrons. The van der Waals surface area contributed by atoms with E-state index in [-0.39, 0.29) is 23.3 Å². The molecule has 1 aliphatic rings. The Kier molecular flexibility index (Phi) is 4.80. The molecule has 24 heavy (non-hydrogen) atoms. The number of aromatic carboxylic acids is 1. The van der Waals surface area contributed by atoms with Gasteiger partial charge in [0.15, 0.2) is 17.3 Å². The van der Waals surface area contributed by atoms with Gasteiger partial charge in [-0.05, 0) is 31.5 Å². The molecule has 1 fully saturated rings. The highest BCUT2D eigenvalue weighted by Gasteiger charge is 2.23. The van der Waals surface area contributed by atoms with E-state index in [9.17, 15) is 9.18 Å². The molecule has 0 spiro atoms. The predicted octanol–water partition coefficient (Wildman–Crippen LogP) is 2.57. The van der Waals surface area contributed by atoms with Gasteiger partial charge in [0.2, 0.25) is 0 Å². The molecule has 1 unspecified atom stereocenters. The zero-order valence-electron chi connectivity index (χ0n) is 13.5. The molecule has 1 aliphatic heterocycles. The molecule has 3 rings (SSSR count). The van der Waals surface area contributed by atoms with Crippen molar-refractivity contribution < 1.29 is 19.0 Å². The first-order chi connectivity index (χ1) is 11.6. The van der Waals surface area contributed by atoms with Gasteiger partial charge < -0.3 is 9.84 Å². The van der Waals surface area contributed by atoms with Crippen molar-refractivity contribution in [2.45, 2.75) is 25.4 Å². The summed E-state index contributed by atoms with van der Waals surface area (Å²) < 4.78 is 21.0. The van der Waals surface area contributed by atoms with Crippen molar-refractivity contribution in [3.63, 3.8) is 0 Å². The lowest BCUT2D eigenvalue weighted by Crippen LogP contribution is -2.36. The predicted molar refractivity (Wildman–Crippen MR) is 85.7 cm³/mol. The first kappa shape index (κ1) is 16.4. The van der Waals surface area contributed by atoms with E-state index in [0.717, 1.165) is 19.4 Å². The summed E-state index contributed by atoms with van der Waals surface area (Å²) >= 11 is 0. The number of hydrogen-bond acceptors (Lipinski definition) is 4. The standard InChI is InChI=1S/C17H20FN3O3/c1-24-15-6-2-4-12(16(15)18)10-20-8-3-5-13(11-20)21-9-7-14(19-21)17(22)23/h2,4,6-7,9,13H,3,5,8,10-11H2,1H3,(H,22,23). The largest absolute Gasteiger partial charge is 0.494 e. The Morgan fingerprint density at radius 1 is 1.46 bits per heavy atom. The number of aromatic nitrogens is 2. The number of methoxy groups -OCH3 is 1. The summed E-state index contributed by atoms with van der Waals surface area (Å²) in [6.07, 6.45) is 3.58. The van der Waals surface area contributed by atoms with Crippen molar-refractivity contribution in [1.29, 1.82) is 0 Å². The van der Waals surface area contributed by atoms with Crippen LogP contribution in [-0.2, 0) is 6.54 Å². The molecule has 1 N–H and O–H groups in total. The van der Waals surface area contributed by atoms with E-state index in [0.29, 0.717) is 18.7 Å². The van der Waals surface area contributed by atoms with Crippen molar-refractivity contribution in [3.8, 4) is 5.75 Å². The van der Waals surface area contributed by atoms with Gasteiger partial charge in [0.25, 0.3) is 0 Å². The molecule has 2 aromatic rings. The number of carboxylic acids is 1. The highest BCUT2D eigenvalue weighted by molar-refractivity contribution is 5.85. The second-order valence-corrected chi connectivity index (χ2v) is 5.95. The lowest BCUT2D eigenvalue weighted by molar-refractivity contribution is 0.0688. The molecular weight excluding hydrogens is 313 g/mol. The number of carbonyl (C=O) groups is 1. The van der Waals surface area contributed by atoms with Crippen LogP contribution < -0.4 is 4.74 Å². The molecule has 0 amide bonds. The maximum absolute atomic E-state index is 14.3. The summed E-state index contributed by atoms with van der Waals surface area (Å²) in [5.41, 5.74) is 0.646. The van der Waals surface area contributed by atoms with Gasteiger partial charge in [0.05, 0.1) is 13.2 Å². The Balaban J connectivity index is 1.70. The van der Waals surface area contributed by atoms with Crippen LogP contribution in [0.15, 0.2) is 30.5 Å². The molecule has 2 heterocycles. The van der Waals surface area contributed by atoms with Crippen molar-refractivity contribution >= 4 is 5.97 Å². The van der Waals surface area contributed by atoms with Crippen LogP contribution in [0.5, 0.6) is 5.75 Å². The summed E-state index contributed by atoms with van der Waals surface area (Å²) in [6.45, 7) is 2.07. The van der Waals surface area contributed by atoms with Gasteiger partial charge in [-0.3, -0.25) is 9.58 Å².